The molecule has 1 fully saturated rings. The largest absolute Gasteiger partial charge is 0.505 e. The zero-order valence-corrected chi connectivity index (χ0v) is 19.9. The first kappa shape index (κ1) is 23.2. The molecule has 8 heteroatoms. The summed E-state index contributed by atoms with van der Waals surface area (Å²) in [5.41, 5.74) is 3.00. The summed E-state index contributed by atoms with van der Waals surface area (Å²) < 4.78 is 6.97. The Bertz CT molecular complexity index is 1510. The van der Waals surface area contributed by atoms with Gasteiger partial charge in [0.25, 0.3) is 11.7 Å². The third-order valence-electron chi connectivity index (χ3n) is 6.47. The van der Waals surface area contributed by atoms with Crippen molar-refractivity contribution in [3.05, 3.63) is 101 Å². The number of aryl methyl sites for hydroxylation is 1. The minimum Gasteiger partial charge on any atom is -0.505 e. The Kier molecular flexibility index (Phi) is 5.93. The van der Waals surface area contributed by atoms with Crippen LogP contribution < -0.4 is 4.74 Å². The lowest BCUT2D eigenvalue weighted by molar-refractivity contribution is -0.139. The topological polar surface area (TPSA) is 104 Å². The molecule has 0 aliphatic carbocycles. The zero-order chi connectivity index (χ0) is 25.4. The van der Waals surface area contributed by atoms with Crippen molar-refractivity contribution in [1.82, 2.24) is 14.3 Å². The van der Waals surface area contributed by atoms with Gasteiger partial charge in [-0.1, -0.05) is 42.5 Å². The minimum absolute atomic E-state index is 0.0328. The summed E-state index contributed by atoms with van der Waals surface area (Å²) in [6.07, 6.45) is 2.27. The number of likely N-dealkylation sites (tertiary alicyclic amines) is 1. The third kappa shape index (κ3) is 3.86. The number of hydrogen-bond donors (Lipinski definition) is 2. The van der Waals surface area contributed by atoms with E-state index in [2.05, 4.69) is 4.98 Å². The first-order valence-corrected chi connectivity index (χ1v) is 11.5. The molecular weight excluding hydrogens is 458 g/mol. The number of phenols is 1. The number of ether oxygens (including phenoxy) is 1. The third-order valence-corrected chi connectivity index (χ3v) is 6.47. The average Bonchev–Trinajstić information content (AvgIpc) is 3.36. The SMILES string of the molecule is COc1cc(C2/C(=C(\O)c3c(C)nc4ccccn34)C(=O)C(=O)N2CCc2ccccc2)ccc1O. The number of aliphatic hydroxyl groups excluding tert-OH is 1. The van der Waals surface area contributed by atoms with E-state index in [0.717, 1.165) is 5.56 Å². The van der Waals surface area contributed by atoms with Gasteiger partial charge in [0.15, 0.2) is 17.3 Å². The quantitative estimate of drug-likeness (QED) is 0.244. The number of aromatic nitrogens is 2. The van der Waals surface area contributed by atoms with E-state index in [-0.39, 0.29) is 29.4 Å². The van der Waals surface area contributed by atoms with E-state index in [9.17, 15) is 19.8 Å². The molecule has 1 amide bonds. The number of carbonyl (C=O) groups excluding carboxylic acids is 2. The van der Waals surface area contributed by atoms with Gasteiger partial charge in [0.1, 0.15) is 11.3 Å². The Hall–Kier alpha value is -4.59. The van der Waals surface area contributed by atoms with Crippen molar-refractivity contribution in [2.24, 2.45) is 0 Å². The Morgan fingerprint density at radius 3 is 2.56 bits per heavy atom. The normalized spacial score (nSPS) is 17.2. The van der Waals surface area contributed by atoms with E-state index in [1.54, 1.807) is 41.8 Å². The van der Waals surface area contributed by atoms with Crippen molar-refractivity contribution < 1.29 is 24.5 Å². The fraction of sp³-hybridized carbons (Fsp3) is 0.179. The summed E-state index contributed by atoms with van der Waals surface area (Å²) in [5, 5.41) is 21.7. The van der Waals surface area contributed by atoms with Crippen LogP contribution in [0.5, 0.6) is 11.5 Å². The summed E-state index contributed by atoms with van der Waals surface area (Å²) in [6.45, 7) is 2.00. The smallest absolute Gasteiger partial charge is 0.295 e. The summed E-state index contributed by atoms with van der Waals surface area (Å²) in [5.74, 6) is -1.64. The molecule has 0 bridgehead atoms. The van der Waals surface area contributed by atoms with Crippen LogP contribution >= 0.6 is 0 Å². The lowest BCUT2D eigenvalue weighted by atomic mass is 9.95. The molecule has 1 unspecified atom stereocenters. The summed E-state index contributed by atoms with van der Waals surface area (Å²) in [4.78, 5) is 32.6. The van der Waals surface area contributed by atoms with E-state index in [1.165, 1.54) is 18.1 Å². The fourth-order valence-electron chi connectivity index (χ4n) is 4.74. The first-order chi connectivity index (χ1) is 17.4. The predicted molar refractivity (Wildman–Crippen MR) is 134 cm³/mol. The van der Waals surface area contributed by atoms with Crippen molar-refractivity contribution in [2.45, 2.75) is 19.4 Å². The molecule has 1 atom stereocenters. The average molecular weight is 484 g/mol. The summed E-state index contributed by atoms with van der Waals surface area (Å²) in [6, 6.07) is 18.9. The summed E-state index contributed by atoms with van der Waals surface area (Å²) >= 11 is 0. The minimum atomic E-state index is -0.878. The highest BCUT2D eigenvalue weighted by Gasteiger charge is 2.46. The molecule has 1 aliphatic rings. The highest BCUT2D eigenvalue weighted by Crippen LogP contribution is 2.42. The number of methoxy groups -OCH3 is 1. The Morgan fingerprint density at radius 1 is 1.06 bits per heavy atom. The number of aromatic hydroxyl groups is 1. The standard InChI is InChI=1S/C28H25N3O5/c1-17-24(30-14-7-6-10-22(30)29-17)26(33)23-25(19-11-12-20(32)21(16-19)36-2)31(28(35)27(23)34)15-13-18-8-4-3-5-9-18/h3-12,14,16,25,32-33H,13,15H2,1-2H3/b26-23+. The maximum atomic E-state index is 13.4. The van der Waals surface area contributed by atoms with Crippen LogP contribution in [-0.2, 0) is 16.0 Å². The molecule has 2 aromatic carbocycles. The van der Waals surface area contributed by atoms with Gasteiger partial charge in [-0.2, -0.15) is 0 Å². The number of fused-ring (bicyclic) bond motifs is 1. The van der Waals surface area contributed by atoms with Crippen LogP contribution in [0.15, 0.2) is 78.5 Å². The lowest BCUT2D eigenvalue weighted by Crippen LogP contribution is -2.31. The van der Waals surface area contributed by atoms with Crippen LogP contribution in [0.3, 0.4) is 0 Å². The van der Waals surface area contributed by atoms with Gasteiger partial charge in [0, 0.05) is 12.7 Å². The van der Waals surface area contributed by atoms with Crippen LogP contribution in [0.2, 0.25) is 0 Å². The van der Waals surface area contributed by atoms with Crippen molar-refractivity contribution in [2.75, 3.05) is 13.7 Å². The van der Waals surface area contributed by atoms with E-state index in [0.29, 0.717) is 29.0 Å². The number of nitrogens with zero attached hydrogens (tertiary/aromatic N) is 3. The molecule has 4 aromatic rings. The van der Waals surface area contributed by atoms with Crippen molar-refractivity contribution in [1.29, 1.82) is 0 Å². The number of hydrogen-bond acceptors (Lipinski definition) is 6. The Balaban J connectivity index is 1.67. The molecule has 2 aromatic heterocycles. The number of amides is 1. The number of ketones is 1. The Labute approximate surface area is 207 Å². The number of carbonyl (C=O) groups is 2. The zero-order valence-electron chi connectivity index (χ0n) is 19.9. The summed E-state index contributed by atoms with van der Waals surface area (Å²) in [7, 11) is 1.42. The molecule has 2 N–H and O–H groups in total. The molecule has 8 nitrogen and oxygen atoms in total. The Morgan fingerprint density at radius 2 is 1.81 bits per heavy atom. The molecule has 0 radical (unpaired) electrons. The molecule has 0 saturated carbocycles. The van der Waals surface area contributed by atoms with Gasteiger partial charge in [-0.15, -0.1) is 0 Å². The van der Waals surface area contributed by atoms with Gasteiger partial charge in [-0.25, -0.2) is 4.98 Å². The van der Waals surface area contributed by atoms with Gasteiger partial charge in [0.2, 0.25) is 0 Å². The molecule has 182 valence electrons. The molecule has 0 spiro atoms. The van der Waals surface area contributed by atoms with Crippen LogP contribution in [0.1, 0.15) is 28.6 Å². The fourth-order valence-corrected chi connectivity index (χ4v) is 4.74. The molecule has 3 heterocycles. The van der Waals surface area contributed by atoms with Crippen molar-refractivity contribution in [3.8, 4) is 11.5 Å². The van der Waals surface area contributed by atoms with E-state index in [1.807, 2.05) is 36.4 Å². The second-order valence-corrected chi connectivity index (χ2v) is 8.63. The van der Waals surface area contributed by atoms with Crippen LogP contribution in [-0.4, -0.2) is 49.8 Å². The maximum Gasteiger partial charge on any atom is 0.295 e. The van der Waals surface area contributed by atoms with E-state index in [4.69, 9.17) is 4.74 Å². The number of phenolic OH excluding ortho intramolecular Hbond substituents is 1. The number of Topliss-reactive ketones (excluding diaryl/α,β-unsaturated/α-hetero) is 1. The number of pyridine rings is 1. The molecule has 36 heavy (non-hydrogen) atoms. The maximum absolute atomic E-state index is 13.4. The van der Waals surface area contributed by atoms with E-state index >= 15 is 0 Å². The lowest BCUT2D eigenvalue weighted by Gasteiger charge is -2.26. The van der Waals surface area contributed by atoms with Gasteiger partial charge in [-0.3, -0.25) is 14.0 Å². The highest BCUT2D eigenvalue weighted by atomic mass is 16.5. The second kappa shape index (κ2) is 9.22. The van der Waals surface area contributed by atoms with Crippen LogP contribution in [0.4, 0.5) is 0 Å². The van der Waals surface area contributed by atoms with E-state index < -0.39 is 17.7 Å². The predicted octanol–water partition coefficient (Wildman–Crippen LogP) is 4.02. The molecule has 1 aliphatic heterocycles. The molecule has 1 saturated heterocycles. The number of aliphatic hydroxyl groups is 1. The number of rotatable bonds is 6. The van der Waals surface area contributed by atoms with Crippen molar-refractivity contribution in [3.63, 3.8) is 0 Å². The molecule has 5 rings (SSSR count). The second-order valence-electron chi connectivity index (χ2n) is 8.63. The number of imidazole rings is 1. The van der Waals surface area contributed by atoms with Crippen molar-refractivity contribution >= 4 is 23.1 Å². The molecular formula is C28H25N3O5. The first-order valence-electron chi connectivity index (χ1n) is 11.5. The monoisotopic (exact) mass is 483 g/mol. The van der Waals surface area contributed by atoms with Gasteiger partial charge >= 0.3 is 0 Å². The van der Waals surface area contributed by atoms with Crippen LogP contribution in [0, 0.1) is 6.92 Å². The van der Waals surface area contributed by atoms with Crippen LogP contribution in [0.25, 0.3) is 11.4 Å². The highest BCUT2D eigenvalue weighted by molar-refractivity contribution is 6.46. The number of benzene rings is 2. The van der Waals surface area contributed by atoms with Gasteiger partial charge in [0.05, 0.1) is 24.4 Å². The van der Waals surface area contributed by atoms with Gasteiger partial charge < -0.3 is 19.8 Å². The van der Waals surface area contributed by atoms with Gasteiger partial charge in [-0.05, 0) is 48.7 Å².